The summed E-state index contributed by atoms with van der Waals surface area (Å²) in [5.41, 5.74) is 1.38. The summed E-state index contributed by atoms with van der Waals surface area (Å²) < 4.78 is 0.999. The van der Waals surface area contributed by atoms with Gasteiger partial charge in [0.2, 0.25) is 0 Å². The molecule has 0 aromatic heterocycles. The van der Waals surface area contributed by atoms with Gasteiger partial charge < -0.3 is 5.32 Å². The first kappa shape index (κ1) is 9.50. The van der Waals surface area contributed by atoms with Crippen molar-refractivity contribution in [1.82, 2.24) is 5.32 Å². The molecule has 3 heteroatoms. The van der Waals surface area contributed by atoms with Crippen LogP contribution in [-0.2, 0) is 0 Å². The average molecular weight is 261 g/mol. The highest BCUT2D eigenvalue weighted by molar-refractivity contribution is 9.10. The molecule has 2 rings (SSSR count). The second-order valence-electron chi connectivity index (χ2n) is 3.36. The minimum atomic E-state index is 0.661. The lowest BCUT2D eigenvalue weighted by Crippen LogP contribution is -2.07. The molecular formula is C10H11BrClN. The van der Waals surface area contributed by atoms with E-state index in [4.69, 9.17) is 11.6 Å². The van der Waals surface area contributed by atoms with Crippen molar-refractivity contribution in [3.8, 4) is 0 Å². The molecule has 0 amide bonds. The van der Waals surface area contributed by atoms with E-state index in [-0.39, 0.29) is 0 Å². The quantitative estimate of drug-likeness (QED) is 0.818. The number of hydrogen-bond acceptors (Lipinski definition) is 1. The molecule has 0 radical (unpaired) electrons. The van der Waals surface area contributed by atoms with Gasteiger partial charge in [-0.3, -0.25) is 0 Å². The second kappa shape index (κ2) is 3.99. The molecule has 1 aliphatic heterocycles. The van der Waals surface area contributed by atoms with Crippen LogP contribution in [0.4, 0.5) is 0 Å². The number of nitrogens with one attached hydrogen (secondary N) is 1. The predicted molar refractivity (Wildman–Crippen MR) is 59.4 cm³/mol. The van der Waals surface area contributed by atoms with Gasteiger partial charge in [-0.1, -0.05) is 17.7 Å². The summed E-state index contributed by atoms with van der Waals surface area (Å²) >= 11 is 9.37. The third-order valence-corrected chi connectivity index (χ3v) is 3.69. The summed E-state index contributed by atoms with van der Waals surface area (Å²) in [4.78, 5) is 0. The van der Waals surface area contributed by atoms with Crippen molar-refractivity contribution >= 4 is 27.5 Å². The zero-order valence-electron chi connectivity index (χ0n) is 7.19. The molecule has 0 spiro atoms. The Morgan fingerprint density at radius 2 is 2.31 bits per heavy atom. The molecule has 0 aliphatic carbocycles. The standard InChI is InChI=1S/C10H11BrClN/c11-9-5-7(1-2-10(9)12)8-3-4-13-6-8/h1-2,5,8,13H,3-4,6H2. The van der Waals surface area contributed by atoms with Crippen LogP contribution < -0.4 is 5.32 Å². The van der Waals surface area contributed by atoms with Crippen LogP contribution in [0.3, 0.4) is 0 Å². The Kier molecular flexibility index (Phi) is 2.92. The summed E-state index contributed by atoms with van der Waals surface area (Å²) in [7, 11) is 0. The molecule has 1 fully saturated rings. The fraction of sp³-hybridized carbons (Fsp3) is 0.400. The zero-order valence-corrected chi connectivity index (χ0v) is 9.53. The highest BCUT2D eigenvalue weighted by atomic mass is 79.9. The summed E-state index contributed by atoms with van der Waals surface area (Å²) in [6.45, 7) is 2.22. The van der Waals surface area contributed by atoms with E-state index in [0.717, 1.165) is 22.6 Å². The van der Waals surface area contributed by atoms with Gasteiger partial charge in [0, 0.05) is 11.0 Å². The second-order valence-corrected chi connectivity index (χ2v) is 4.62. The van der Waals surface area contributed by atoms with E-state index in [2.05, 4.69) is 33.4 Å². The van der Waals surface area contributed by atoms with Crippen molar-refractivity contribution in [3.05, 3.63) is 33.3 Å². The zero-order chi connectivity index (χ0) is 9.26. The van der Waals surface area contributed by atoms with Crippen molar-refractivity contribution in [2.45, 2.75) is 12.3 Å². The van der Waals surface area contributed by atoms with Crippen LogP contribution in [0.1, 0.15) is 17.9 Å². The van der Waals surface area contributed by atoms with Gasteiger partial charge in [0.15, 0.2) is 0 Å². The lowest BCUT2D eigenvalue weighted by molar-refractivity contribution is 0.763. The molecule has 1 aromatic rings. The number of rotatable bonds is 1. The summed E-state index contributed by atoms with van der Waals surface area (Å²) in [6.07, 6.45) is 1.23. The Morgan fingerprint density at radius 1 is 1.46 bits per heavy atom. The minimum absolute atomic E-state index is 0.661. The molecule has 13 heavy (non-hydrogen) atoms. The molecule has 1 heterocycles. The molecule has 1 saturated heterocycles. The van der Waals surface area contributed by atoms with Crippen LogP contribution in [0.2, 0.25) is 5.02 Å². The van der Waals surface area contributed by atoms with Crippen LogP contribution in [0.25, 0.3) is 0 Å². The van der Waals surface area contributed by atoms with Crippen LogP contribution in [0, 0.1) is 0 Å². The molecule has 1 aliphatic rings. The van der Waals surface area contributed by atoms with Crippen LogP contribution in [0.5, 0.6) is 0 Å². The molecule has 1 nitrogen and oxygen atoms in total. The Bertz CT molecular complexity index is 308. The fourth-order valence-electron chi connectivity index (χ4n) is 1.71. The molecule has 0 saturated carbocycles. The van der Waals surface area contributed by atoms with E-state index in [1.54, 1.807) is 0 Å². The Hall–Kier alpha value is -0.0500. The number of benzene rings is 1. The smallest absolute Gasteiger partial charge is 0.0548 e. The maximum absolute atomic E-state index is 5.92. The van der Waals surface area contributed by atoms with Crippen LogP contribution in [-0.4, -0.2) is 13.1 Å². The van der Waals surface area contributed by atoms with Gasteiger partial charge >= 0.3 is 0 Å². The van der Waals surface area contributed by atoms with Crippen LogP contribution >= 0.6 is 27.5 Å². The van der Waals surface area contributed by atoms with Crippen molar-refractivity contribution in [2.75, 3.05) is 13.1 Å². The third kappa shape index (κ3) is 2.06. The van der Waals surface area contributed by atoms with Gasteiger partial charge in [-0.2, -0.15) is 0 Å². The minimum Gasteiger partial charge on any atom is -0.316 e. The van der Waals surface area contributed by atoms with Crippen LogP contribution in [0.15, 0.2) is 22.7 Å². The van der Waals surface area contributed by atoms with Gasteiger partial charge in [-0.15, -0.1) is 0 Å². The lowest BCUT2D eigenvalue weighted by atomic mass is 9.99. The normalized spacial score (nSPS) is 22.2. The molecule has 1 aromatic carbocycles. The SMILES string of the molecule is Clc1ccc(C2CCNC2)cc1Br. The maximum atomic E-state index is 5.92. The highest BCUT2D eigenvalue weighted by Gasteiger charge is 2.16. The van der Waals surface area contributed by atoms with E-state index in [1.807, 2.05) is 6.07 Å². The molecule has 1 unspecified atom stereocenters. The van der Waals surface area contributed by atoms with Gasteiger partial charge in [0.05, 0.1) is 5.02 Å². The molecular weight excluding hydrogens is 249 g/mol. The van der Waals surface area contributed by atoms with E-state index in [9.17, 15) is 0 Å². The number of halogens is 2. The van der Waals surface area contributed by atoms with E-state index in [0.29, 0.717) is 5.92 Å². The molecule has 70 valence electrons. The number of hydrogen-bond donors (Lipinski definition) is 1. The summed E-state index contributed by atoms with van der Waals surface area (Å²) in [5, 5.41) is 4.14. The predicted octanol–water partition coefficient (Wildman–Crippen LogP) is 3.18. The first-order chi connectivity index (χ1) is 6.27. The molecule has 1 atom stereocenters. The van der Waals surface area contributed by atoms with E-state index >= 15 is 0 Å². The third-order valence-electron chi connectivity index (χ3n) is 2.48. The topological polar surface area (TPSA) is 12.0 Å². The van der Waals surface area contributed by atoms with Crippen molar-refractivity contribution in [1.29, 1.82) is 0 Å². The molecule has 0 bridgehead atoms. The summed E-state index contributed by atoms with van der Waals surface area (Å²) in [6, 6.07) is 6.20. The van der Waals surface area contributed by atoms with E-state index in [1.165, 1.54) is 12.0 Å². The lowest BCUT2D eigenvalue weighted by Gasteiger charge is -2.09. The Labute approximate surface area is 91.6 Å². The van der Waals surface area contributed by atoms with Gasteiger partial charge in [-0.05, 0) is 52.5 Å². The average Bonchev–Trinajstić information content (AvgIpc) is 2.62. The molecule has 1 N–H and O–H groups in total. The van der Waals surface area contributed by atoms with Gasteiger partial charge in [0.25, 0.3) is 0 Å². The highest BCUT2D eigenvalue weighted by Crippen LogP contribution is 2.29. The largest absolute Gasteiger partial charge is 0.316 e. The van der Waals surface area contributed by atoms with Crippen molar-refractivity contribution < 1.29 is 0 Å². The fourth-order valence-corrected chi connectivity index (χ4v) is 2.22. The first-order valence-electron chi connectivity index (χ1n) is 4.43. The van der Waals surface area contributed by atoms with E-state index < -0.39 is 0 Å². The van der Waals surface area contributed by atoms with Gasteiger partial charge in [0.1, 0.15) is 0 Å². The Morgan fingerprint density at radius 3 is 2.92 bits per heavy atom. The Balaban J connectivity index is 2.25. The van der Waals surface area contributed by atoms with Gasteiger partial charge in [-0.25, -0.2) is 0 Å². The van der Waals surface area contributed by atoms with Crippen molar-refractivity contribution in [2.24, 2.45) is 0 Å². The monoisotopic (exact) mass is 259 g/mol. The first-order valence-corrected chi connectivity index (χ1v) is 5.60. The maximum Gasteiger partial charge on any atom is 0.0548 e. The van der Waals surface area contributed by atoms with Crippen molar-refractivity contribution in [3.63, 3.8) is 0 Å². The summed E-state index contributed by atoms with van der Waals surface area (Å²) in [5.74, 6) is 0.661.